The summed E-state index contributed by atoms with van der Waals surface area (Å²) in [7, 11) is 0. The van der Waals surface area contributed by atoms with E-state index in [1.165, 1.54) is 31.5 Å². The number of hydrogen-bond donors (Lipinski definition) is 1. The molecule has 1 unspecified atom stereocenters. The van der Waals surface area contributed by atoms with Gasteiger partial charge in [-0.05, 0) is 49.5 Å². The van der Waals surface area contributed by atoms with E-state index in [-0.39, 0.29) is 0 Å². The highest BCUT2D eigenvalue weighted by Gasteiger charge is 2.19. The SMILES string of the molecule is CC(C)NCC1CCCN(Cc2ccc(C#N)cc2)C1. The Morgan fingerprint density at radius 1 is 1.35 bits per heavy atom. The third-order valence-corrected chi connectivity index (χ3v) is 3.91. The Bertz CT molecular complexity index is 444. The number of benzene rings is 1. The van der Waals surface area contributed by atoms with Crippen LogP contribution in [-0.4, -0.2) is 30.6 Å². The molecule has 2 rings (SSSR count). The highest BCUT2D eigenvalue weighted by atomic mass is 15.1. The summed E-state index contributed by atoms with van der Waals surface area (Å²) in [6, 6.07) is 10.7. The first-order valence-corrected chi connectivity index (χ1v) is 7.62. The first kappa shape index (κ1) is 15.0. The Morgan fingerprint density at radius 3 is 2.75 bits per heavy atom. The van der Waals surface area contributed by atoms with E-state index in [0.29, 0.717) is 6.04 Å². The van der Waals surface area contributed by atoms with Crippen LogP contribution >= 0.6 is 0 Å². The topological polar surface area (TPSA) is 39.1 Å². The monoisotopic (exact) mass is 271 g/mol. The molecule has 108 valence electrons. The number of hydrogen-bond acceptors (Lipinski definition) is 3. The summed E-state index contributed by atoms with van der Waals surface area (Å²) >= 11 is 0. The van der Waals surface area contributed by atoms with Gasteiger partial charge in [-0.15, -0.1) is 0 Å². The van der Waals surface area contributed by atoms with Gasteiger partial charge in [0, 0.05) is 19.1 Å². The lowest BCUT2D eigenvalue weighted by Crippen LogP contribution is -2.40. The number of rotatable bonds is 5. The zero-order valence-corrected chi connectivity index (χ0v) is 12.6. The van der Waals surface area contributed by atoms with Crippen LogP contribution in [0.4, 0.5) is 0 Å². The summed E-state index contributed by atoms with van der Waals surface area (Å²) in [5.74, 6) is 0.768. The molecule has 1 heterocycles. The van der Waals surface area contributed by atoms with Crippen molar-refractivity contribution in [3.05, 3.63) is 35.4 Å². The maximum Gasteiger partial charge on any atom is 0.0991 e. The molecule has 0 saturated carbocycles. The van der Waals surface area contributed by atoms with Crippen LogP contribution in [0.25, 0.3) is 0 Å². The minimum absolute atomic E-state index is 0.573. The molecule has 0 aromatic heterocycles. The summed E-state index contributed by atoms with van der Waals surface area (Å²) in [4.78, 5) is 2.54. The Balaban J connectivity index is 1.84. The molecule has 1 fully saturated rings. The quantitative estimate of drug-likeness (QED) is 0.895. The van der Waals surface area contributed by atoms with Crippen LogP contribution < -0.4 is 5.32 Å². The van der Waals surface area contributed by atoms with Gasteiger partial charge in [-0.2, -0.15) is 5.26 Å². The van der Waals surface area contributed by atoms with Crippen molar-refractivity contribution in [3.63, 3.8) is 0 Å². The standard InChI is InChI=1S/C17H25N3/c1-14(2)19-11-17-4-3-9-20(13-17)12-16-7-5-15(10-18)6-8-16/h5-8,14,17,19H,3-4,9,11-13H2,1-2H3. The maximum absolute atomic E-state index is 8.82. The van der Waals surface area contributed by atoms with Crippen molar-refractivity contribution >= 4 is 0 Å². The molecule has 0 spiro atoms. The molecule has 1 N–H and O–H groups in total. The Labute approximate surface area is 122 Å². The molecule has 0 bridgehead atoms. The van der Waals surface area contributed by atoms with Gasteiger partial charge < -0.3 is 5.32 Å². The Kier molecular flexibility index (Phi) is 5.58. The van der Waals surface area contributed by atoms with E-state index in [1.807, 2.05) is 12.1 Å². The molecule has 1 atom stereocenters. The van der Waals surface area contributed by atoms with E-state index in [2.05, 4.69) is 42.3 Å². The van der Waals surface area contributed by atoms with Crippen molar-refractivity contribution in [1.29, 1.82) is 5.26 Å². The number of nitrogens with zero attached hydrogens (tertiary/aromatic N) is 2. The number of nitrogens with one attached hydrogen (secondary N) is 1. The van der Waals surface area contributed by atoms with E-state index in [4.69, 9.17) is 5.26 Å². The summed E-state index contributed by atoms with van der Waals surface area (Å²) in [6.45, 7) is 8.91. The summed E-state index contributed by atoms with van der Waals surface area (Å²) in [5.41, 5.74) is 2.05. The first-order valence-electron chi connectivity index (χ1n) is 7.62. The van der Waals surface area contributed by atoms with Crippen molar-refractivity contribution < 1.29 is 0 Å². The average Bonchev–Trinajstić information content (AvgIpc) is 2.46. The van der Waals surface area contributed by atoms with Gasteiger partial charge in [-0.25, -0.2) is 0 Å². The van der Waals surface area contributed by atoms with Gasteiger partial charge >= 0.3 is 0 Å². The lowest BCUT2D eigenvalue weighted by molar-refractivity contribution is 0.164. The minimum atomic E-state index is 0.573. The molecular formula is C17H25N3. The van der Waals surface area contributed by atoms with Crippen LogP contribution in [0.1, 0.15) is 37.8 Å². The molecule has 1 aromatic rings. The predicted molar refractivity (Wildman–Crippen MR) is 82.3 cm³/mol. The first-order chi connectivity index (χ1) is 9.67. The largest absolute Gasteiger partial charge is 0.314 e. The number of nitriles is 1. The number of piperidine rings is 1. The predicted octanol–water partition coefficient (Wildman–Crippen LogP) is 2.77. The second-order valence-corrected chi connectivity index (χ2v) is 6.12. The molecule has 3 nitrogen and oxygen atoms in total. The third kappa shape index (κ3) is 4.63. The maximum atomic E-state index is 8.82. The van der Waals surface area contributed by atoms with Gasteiger partial charge in [0.05, 0.1) is 11.6 Å². The fourth-order valence-electron chi connectivity index (χ4n) is 2.81. The number of likely N-dealkylation sites (tertiary alicyclic amines) is 1. The van der Waals surface area contributed by atoms with Gasteiger partial charge in [-0.3, -0.25) is 4.90 Å². The van der Waals surface area contributed by atoms with Crippen molar-refractivity contribution in [2.24, 2.45) is 5.92 Å². The van der Waals surface area contributed by atoms with Gasteiger partial charge in [-0.1, -0.05) is 26.0 Å². The molecule has 1 aromatic carbocycles. The Morgan fingerprint density at radius 2 is 2.10 bits per heavy atom. The molecule has 0 aliphatic carbocycles. The third-order valence-electron chi connectivity index (χ3n) is 3.91. The van der Waals surface area contributed by atoms with Crippen molar-refractivity contribution in [2.75, 3.05) is 19.6 Å². The molecule has 1 saturated heterocycles. The summed E-state index contributed by atoms with van der Waals surface area (Å²) in [6.07, 6.45) is 2.63. The van der Waals surface area contributed by atoms with E-state index in [0.717, 1.165) is 24.6 Å². The zero-order chi connectivity index (χ0) is 14.4. The second-order valence-electron chi connectivity index (χ2n) is 6.12. The van der Waals surface area contributed by atoms with Gasteiger partial charge in [0.1, 0.15) is 0 Å². The van der Waals surface area contributed by atoms with Crippen LogP contribution in [0, 0.1) is 17.2 Å². The minimum Gasteiger partial charge on any atom is -0.314 e. The van der Waals surface area contributed by atoms with E-state index < -0.39 is 0 Å². The summed E-state index contributed by atoms with van der Waals surface area (Å²) in [5, 5.41) is 12.4. The van der Waals surface area contributed by atoms with Gasteiger partial charge in [0.25, 0.3) is 0 Å². The lowest BCUT2D eigenvalue weighted by atomic mass is 9.97. The lowest BCUT2D eigenvalue weighted by Gasteiger charge is -2.33. The summed E-state index contributed by atoms with van der Waals surface area (Å²) < 4.78 is 0. The molecule has 20 heavy (non-hydrogen) atoms. The van der Waals surface area contributed by atoms with Crippen molar-refractivity contribution in [1.82, 2.24) is 10.2 Å². The zero-order valence-electron chi connectivity index (χ0n) is 12.6. The second kappa shape index (κ2) is 7.42. The Hall–Kier alpha value is -1.37. The molecule has 3 heteroatoms. The molecular weight excluding hydrogens is 246 g/mol. The van der Waals surface area contributed by atoms with Crippen LogP contribution in [-0.2, 0) is 6.54 Å². The molecule has 1 aliphatic rings. The van der Waals surface area contributed by atoms with Crippen LogP contribution in [0.5, 0.6) is 0 Å². The highest BCUT2D eigenvalue weighted by Crippen LogP contribution is 2.18. The fourth-order valence-corrected chi connectivity index (χ4v) is 2.81. The van der Waals surface area contributed by atoms with Gasteiger partial charge in [0.15, 0.2) is 0 Å². The van der Waals surface area contributed by atoms with Crippen LogP contribution in [0.15, 0.2) is 24.3 Å². The molecule has 0 radical (unpaired) electrons. The van der Waals surface area contributed by atoms with E-state index in [1.54, 1.807) is 0 Å². The van der Waals surface area contributed by atoms with Crippen molar-refractivity contribution in [2.45, 2.75) is 39.3 Å². The van der Waals surface area contributed by atoms with E-state index >= 15 is 0 Å². The van der Waals surface area contributed by atoms with Crippen molar-refractivity contribution in [3.8, 4) is 6.07 Å². The van der Waals surface area contributed by atoms with E-state index in [9.17, 15) is 0 Å². The highest BCUT2D eigenvalue weighted by molar-refractivity contribution is 5.31. The van der Waals surface area contributed by atoms with Gasteiger partial charge in [0.2, 0.25) is 0 Å². The smallest absolute Gasteiger partial charge is 0.0991 e. The normalized spacial score (nSPS) is 20.0. The average molecular weight is 271 g/mol. The molecule has 0 amide bonds. The fraction of sp³-hybridized carbons (Fsp3) is 0.588. The molecule has 1 aliphatic heterocycles. The van der Waals surface area contributed by atoms with Crippen LogP contribution in [0.2, 0.25) is 0 Å². The van der Waals surface area contributed by atoms with Crippen LogP contribution in [0.3, 0.4) is 0 Å².